The van der Waals surface area contributed by atoms with E-state index in [1.165, 1.54) is 21.9 Å². The van der Waals surface area contributed by atoms with Crippen LogP contribution in [0.4, 0.5) is 0 Å². The first-order valence-electron chi connectivity index (χ1n) is 9.43. The third kappa shape index (κ3) is 3.01. The molecule has 0 aliphatic heterocycles. The molecule has 0 unspecified atom stereocenters. The zero-order valence-corrected chi connectivity index (χ0v) is 15.6. The average molecular weight is 361 g/mol. The fourth-order valence-corrected chi connectivity index (χ4v) is 3.60. The Bertz CT molecular complexity index is 1300. The van der Waals surface area contributed by atoms with E-state index in [1.54, 1.807) is 0 Å². The lowest BCUT2D eigenvalue weighted by molar-refractivity contribution is 1.04. The standard InChI is InChI=1S/C25H19N3/c1-17-13-14-23(25-26-16-20-8-3-5-12-22(20)28-25)27-24(17)15-19-10-6-9-18-7-2-4-11-21(18)19/h2-14,16H,15H2,1H3. The molecule has 0 bridgehead atoms. The number of nitrogens with zero attached hydrogens (tertiary/aromatic N) is 3. The fraction of sp³-hybridized carbons (Fsp3) is 0.0800. The van der Waals surface area contributed by atoms with Crippen LogP contribution in [0.1, 0.15) is 16.8 Å². The van der Waals surface area contributed by atoms with Crippen molar-refractivity contribution in [1.82, 2.24) is 15.0 Å². The van der Waals surface area contributed by atoms with Crippen LogP contribution < -0.4 is 0 Å². The monoisotopic (exact) mass is 361 g/mol. The molecule has 0 atom stereocenters. The summed E-state index contributed by atoms with van der Waals surface area (Å²) in [5, 5.41) is 3.57. The van der Waals surface area contributed by atoms with Crippen molar-refractivity contribution < 1.29 is 0 Å². The lowest BCUT2D eigenvalue weighted by Gasteiger charge is -2.10. The van der Waals surface area contributed by atoms with Gasteiger partial charge >= 0.3 is 0 Å². The third-order valence-electron chi connectivity index (χ3n) is 5.16. The minimum Gasteiger partial charge on any atom is -0.249 e. The van der Waals surface area contributed by atoms with Crippen molar-refractivity contribution in [2.45, 2.75) is 13.3 Å². The molecule has 2 heterocycles. The molecule has 0 aliphatic carbocycles. The fourth-order valence-electron chi connectivity index (χ4n) is 3.60. The van der Waals surface area contributed by atoms with E-state index in [4.69, 9.17) is 9.97 Å². The van der Waals surface area contributed by atoms with Gasteiger partial charge in [0.2, 0.25) is 0 Å². The zero-order chi connectivity index (χ0) is 18.9. The second-order valence-electron chi connectivity index (χ2n) is 7.03. The van der Waals surface area contributed by atoms with Crippen LogP contribution in [0.15, 0.2) is 85.1 Å². The Morgan fingerprint density at radius 1 is 0.714 bits per heavy atom. The van der Waals surface area contributed by atoms with E-state index in [0.29, 0.717) is 5.82 Å². The molecule has 0 aliphatic rings. The molecule has 28 heavy (non-hydrogen) atoms. The molecular formula is C25H19N3. The van der Waals surface area contributed by atoms with E-state index < -0.39 is 0 Å². The topological polar surface area (TPSA) is 38.7 Å². The Morgan fingerprint density at radius 3 is 2.43 bits per heavy atom. The summed E-state index contributed by atoms with van der Waals surface area (Å²) in [7, 11) is 0. The Morgan fingerprint density at radius 2 is 1.50 bits per heavy atom. The second-order valence-corrected chi connectivity index (χ2v) is 7.03. The highest BCUT2D eigenvalue weighted by molar-refractivity contribution is 5.86. The number of aromatic nitrogens is 3. The van der Waals surface area contributed by atoms with Gasteiger partial charge in [0.05, 0.1) is 5.52 Å². The summed E-state index contributed by atoms with van der Waals surface area (Å²) in [6.45, 7) is 2.11. The lowest BCUT2D eigenvalue weighted by Crippen LogP contribution is -2.00. The van der Waals surface area contributed by atoms with Gasteiger partial charge in [-0.3, -0.25) is 0 Å². The molecular weight excluding hydrogens is 342 g/mol. The Labute approximate surface area is 163 Å². The van der Waals surface area contributed by atoms with Gasteiger partial charge in [0.25, 0.3) is 0 Å². The van der Waals surface area contributed by atoms with Gasteiger partial charge in [0.15, 0.2) is 5.82 Å². The summed E-state index contributed by atoms with van der Waals surface area (Å²) < 4.78 is 0. The van der Waals surface area contributed by atoms with Crippen molar-refractivity contribution in [3.05, 3.63) is 102 Å². The van der Waals surface area contributed by atoms with E-state index in [9.17, 15) is 0 Å². The largest absolute Gasteiger partial charge is 0.249 e. The highest BCUT2D eigenvalue weighted by atomic mass is 14.9. The van der Waals surface area contributed by atoms with Gasteiger partial charge < -0.3 is 0 Å². The van der Waals surface area contributed by atoms with Crippen molar-refractivity contribution in [2.75, 3.05) is 0 Å². The molecule has 0 saturated heterocycles. The van der Waals surface area contributed by atoms with Gasteiger partial charge in [-0.2, -0.15) is 0 Å². The van der Waals surface area contributed by atoms with Crippen LogP contribution >= 0.6 is 0 Å². The van der Waals surface area contributed by atoms with E-state index in [1.807, 2.05) is 36.5 Å². The normalized spacial score (nSPS) is 11.2. The van der Waals surface area contributed by atoms with Crippen molar-refractivity contribution >= 4 is 21.7 Å². The van der Waals surface area contributed by atoms with Crippen LogP contribution in [-0.2, 0) is 6.42 Å². The van der Waals surface area contributed by atoms with Gasteiger partial charge in [0, 0.05) is 23.7 Å². The van der Waals surface area contributed by atoms with E-state index in [-0.39, 0.29) is 0 Å². The number of pyridine rings is 1. The molecule has 0 radical (unpaired) electrons. The molecule has 0 fully saturated rings. The maximum Gasteiger partial charge on any atom is 0.178 e. The first-order chi connectivity index (χ1) is 13.8. The summed E-state index contributed by atoms with van der Waals surface area (Å²) in [6, 6.07) is 27.1. The molecule has 3 aromatic carbocycles. The minimum atomic E-state index is 0.665. The lowest BCUT2D eigenvalue weighted by atomic mass is 9.99. The molecule has 0 saturated carbocycles. The number of rotatable bonds is 3. The molecule has 3 heteroatoms. The van der Waals surface area contributed by atoms with Crippen LogP contribution in [0.3, 0.4) is 0 Å². The van der Waals surface area contributed by atoms with Crippen molar-refractivity contribution in [3.63, 3.8) is 0 Å². The number of aryl methyl sites for hydroxylation is 1. The van der Waals surface area contributed by atoms with Crippen molar-refractivity contribution in [1.29, 1.82) is 0 Å². The van der Waals surface area contributed by atoms with E-state index >= 15 is 0 Å². The molecule has 5 rings (SSSR count). The first kappa shape index (κ1) is 16.6. The highest BCUT2D eigenvalue weighted by Crippen LogP contribution is 2.24. The van der Waals surface area contributed by atoms with Crippen molar-refractivity contribution in [2.24, 2.45) is 0 Å². The van der Waals surface area contributed by atoms with Crippen LogP contribution in [0.5, 0.6) is 0 Å². The van der Waals surface area contributed by atoms with Crippen LogP contribution in [0.2, 0.25) is 0 Å². The summed E-state index contributed by atoms with van der Waals surface area (Å²) in [5.74, 6) is 0.665. The quantitative estimate of drug-likeness (QED) is 0.411. The highest BCUT2D eigenvalue weighted by Gasteiger charge is 2.10. The van der Waals surface area contributed by atoms with Gasteiger partial charge in [0.1, 0.15) is 5.69 Å². The Hall–Kier alpha value is -3.59. The number of fused-ring (bicyclic) bond motifs is 2. The summed E-state index contributed by atoms with van der Waals surface area (Å²) >= 11 is 0. The van der Waals surface area contributed by atoms with Gasteiger partial charge in [-0.25, -0.2) is 15.0 Å². The molecule has 5 aromatic rings. The smallest absolute Gasteiger partial charge is 0.178 e. The van der Waals surface area contributed by atoms with Crippen LogP contribution in [0, 0.1) is 6.92 Å². The first-order valence-corrected chi connectivity index (χ1v) is 9.43. The molecule has 2 aromatic heterocycles. The maximum absolute atomic E-state index is 4.93. The van der Waals surface area contributed by atoms with Crippen LogP contribution in [0.25, 0.3) is 33.2 Å². The predicted octanol–water partition coefficient (Wildman–Crippen LogP) is 5.74. The maximum atomic E-state index is 4.93. The summed E-state index contributed by atoms with van der Waals surface area (Å²) in [6.07, 6.45) is 2.65. The molecule has 0 spiro atoms. The van der Waals surface area contributed by atoms with Crippen molar-refractivity contribution in [3.8, 4) is 11.5 Å². The molecule has 134 valence electrons. The molecule has 0 N–H and O–H groups in total. The predicted molar refractivity (Wildman–Crippen MR) is 114 cm³/mol. The second kappa shape index (κ2) is 6.86. The minimum absolute atomic E-state index is 0.665. The number of hydrogen-bond acceptors (Lipinski definition) is 3. The van der Waals surface area contributed by atoms with Crippen LogP contribution in [-0.4, -0.2) is 15.0 Å². The van der Waals surface area contributed by atoms with Gasteiger partial charge in [-0.15, -0.1) is 0 Å². The van der Waals surface area contributed by atoms with E-state index in [2.05, 4.69) is 60.4 Å². The molecule has 0 amide bonds. The Kier molecular flexibility index (Phi) is 4.06. The molecule has 3 nitrogen and oxygen atoms in total. The van der Waals surface area contributed by atoms with Gasteiger partial charge in [-0.1, -0.05) is 66.7 Å². The van der Waals surface area contributed by atoms with E-state index in [0.717, 1.165) is 28.7 Å². The number of hydrogen-bond donors (Lipinski definition) is 0. The number of benzene rings is 3. The van der Waals surface area contributed by atoms with Gasteiger partial charge in [-0.05, 0) is 41.0 Å². The summed E-state index contributed by atoms with van der Waals surface area (Å²) in [4.78, 5) is 14.2. The zero-order valence-electron chi connectivity index (χ0n) is 15.6. The SMILES string of the molecule is Cc1ccc(-c2ncc3ccccc3n2)nc1Cc1cccc2ccccc12. The third-order valence-corrected chi connectivity index (χ3v) is 5.16. The number of para-hydroxylation sites is 1. The Balaban J connectivity index is 1.57. The average Bonchev–Trinajstić information content (AvgIpc) is 2.75. The summed E-state index contributed by atoms with van der Waals surface area (Å²) in [5.41, 5.74) is 5.27.